The molecule has 0 aliphatic rings. The van der Waals surface area contributed by atoms with Gasteiger partial charge < -0.3 is 4.90 Å². The number of aryl methyl sites for hydroxylation is 2. The summed E-state index contributed by atoms with van der Waals surface area (Å²) in [5, 5.41) is 1.16. The molecule has 1 heterocycles. The van der Waals surface area contributed by atoms with E-state index >= 15 is 0 Å². The zero-order chi connectivity index (χ0) is 22.6. The largest absolute Gasteiger partial charge is 0.311 e. The van der Waals surface area contributed by atoms with E-state index in [9.17, 15) is 0 Å². The molecule has 5 aromatic rings. The Kier molecular flexibility index (Phi) is 5.73. The quantitative estimate of drug-likeness (QED) is 0.280. The zero-order valence-corrected chi connectivity index (χ0v) is 18.9. The second kappa shape index (κ2) is 9.13. The van der Waals surface area contributed by atoms with Crippen LogP contribution in [0.2, 0.25) is 0 Å². The lowest BCUT2D eigenvalue weighted by Gasteiger charge is -2.25. The predicted molar refractivity (Wildman–Crippen MR) is 141 cm³/mol. The van der Waals surface area contributed by atoms with E-state index in [0.29, 0.717) is 0 Å². The molecule has 0 aliphatic carbocycles. The first kappa shape index (κ1) is 20.7. The number of hydrogen-bond donors (Lipinski definition) is 0. The number of fused-ring (bicyclic) bond motifs is 1. The Balaban J connectivity index is 1.47. The molecular formula is C31H26N2. The average molecular weight is 427 g/mol. The summed E-state index contributed by atoms with van der Waals surface area (Å²) in [5.74, 6) is 0. The maximum absolute atomic E-state index is 4.46. The average Bonchev–Trinajstić information content (AvgIpc) is 2.86. The third-order valence-electron chi connectivity index (χ3n) is 5.87. The Hall–Kier alpha value is -4.17. The van der Waals surface area contributed by atoms with Gasteiger partial charge in [-0.05, 0) is 73.5 Å². The van der Waals surface area contributed by atoms with E-state index in [0.717, 1.165) is 33.5 Å². The molecule has 2 heteroatoms. The normalized spacial score (nSPS) is 11.2. The zero-order valence-electron chi connectivity index (χ0n) is 18.9. The van der Waals surface area contributed by atoms with Crippen LogP contribution in [0.1, 0.15) is 22.3 Å². The molecule has 4 aromatic carbocycles. The lowest BCUT2D eigenvalue weighted by Crippen LogP contribution is -2.09. The van der Waals surface area contributed by atoms with E-state index < -0.39 is 0 Å². The van der Waals surface area contributed by atoms with E-state index in [1.807, 2.05) is 18.3 Å². The van der Waals surface area contributed by atoms with E-state index in [4.69, 9.17) is 0 Å². The number of rotatable bonds is 5. The fourth-order valence-electron chi connectivity index (χ4n) is 4.02. The fraction of sp³-hybridized carbons (Fsp3) is 0.0645. The summed E-state index contributed by atoms with van der Waals surface area (Å²) in [6, 6.07) is 36.4. The van der Waals surface area contributed by atoms with Crippen LogP contribution < -0.4 is 4.90 Å². The summed E-state index contributed by atoms with van der Waals surface area (Å²) in [4.78, 5) is 6.75. The standard InChI is InChI=1S/C31H26N2/c1-23-7-15-27(16-8-23)33(28-17-9-24(2)10-18-28)29-19-12-25(13-20-29)11-14-26-21-22-32-31-6-4-3-5-30(26)31/h3-22H,1-2H3/b14-11+. The van der Waals surface area contributed by atoms with Crippen LogP contribution in [0.15, 0.2) is 109 Å². The molecule has 0 fully saturated rings. The van der Waals surface area contributed by atoms with Gasteiger partial charge in [0.25, 0.3) is 0 Å². The summed E-state index contributed by atoms with van der Waals surface area (Å²) < 4.78 is 0. The van der Waals surface area contributed by atoms with Crippen molar-refractivity contribution in [2.45, 2.75) is 13.8 Å². The highest BCUT2D eigenvalue weighted by molar-refractivity contribution is 5.90. The molecule has 0 N–H and O–H groups in total. The van der Waals surface area contributed by atoms with Crippen molar-refractivity contribution in [2.24, 2.45) is 0 Å². The number of para-hydroxylation sites is 1. The topological polar surface area (TPSA) is 16.1 Å². The van der Waals surface area contributed by atoms with Crippen molar-refractivity contribution in [2.75, 3.05) is 4.90 Å². The number of hydrogen-bond acceptors (Lipinski definition) is 2. The van der Waals surface area contributed by atoms with E-state index in [-0.39, 0.29) is 0 Å². The van der Waals surface area contributed by atoms with Gasteiger partial charge in [0.15, 0.2) is 0 Å². The maximum atomic E-state index is 4.46. The fourth-order valence-corrected chi connectivity index (χ4v) is 4.02. The molecule has 0 amide bonds. The first-order valence-electron chi connectivity index (χ1n) is 11.2. The van der Waals surface area contributed by atoms with Crippen LogP contribution in [0, 0.1) is 13.8 Å². The van der Waals surface area contributed by atoms with Gasteiger partial charge in [0.2, 0.25) is 0 Å². The first-order chi connectivity index (χ1) is 16.2. The highest BCUT2D eigenvalue weighted by atomic mass is 15.1. The SMILES string of the molecule is Cc1ccc(N(c2ccc(C)cc2)c2ccc(/C=C/c3ccnc4ccccc34)cc2)cc1. The molecule has 0 bridgehead atoms. The Morgan fingerprint density at radius 1 is 0.576 bits per heavy atom. The minimum absolute atomic E-state index is 1.02. The van der Waals surface area contributed by atoms with Gasteiger partial charge in [-0.2, -0.15) is 0 Å². The molecule has 1 aromatic heterocycles. The number of nitrogens with zero attached hydrogens (tertiary/aromatic N) is 2. The van der Waals surface area contributed by atoms with Gasteiger partial charge in [0.1, 0.15) is 0 Å². The summed E-state index contributed by atoms with van der Waals surface area (Å²) in [6.45, 7) is 4.24. The molecule has 0 radical (unpaired) electrons. The number of aromatic nitrogens is 1. The Morgan fingerprint density at radius 3 is 1.73 bits per heavy atom. The van der Waals surface area contributed by atoms with Crippen LogP contribution in [0.4, 0.5) is 17.1 Å². The van der Waals surface area contributed by atoms with Crippen molar-refractivity contribution < 1.29 is 0 Å². The van der Waals surface area contributed by atoms with Crippen molar-refractivity contribution in [1.29, 1.82) is 0 Å². The first-order valence-corrected chi connectivity index (χ1v) is 11.2. The van der Waals surface area contributed by atoms with Crippen LogP contribution in [0.25, 0.3) is 23.1 Å². The van der Waals surface area contributed by atoms with Crippen molar-refractivity contribution in [3.05, 3.63) is 132 Å². The molecule has 0 unspecified atom stereocenters. The third kappa shape index (κ3) is 4.56. The molecule has 0 spiro atoms. The van der Waals surface area contributed by atoms with Crippen LogP contribution in [-0.2, 0) is 0 Å². The van der Waals surface area contributed by atoms with Crippen LogP contribution >= 0.6 is 0 Å². The van der Waals surface area contributed by atoms with Crippen LogP contribution in [0.5, 0.6) is 0 Å². The van der Waals surface area contributed by atoms with E-state index in [1.165, 1.54) is 16.7 Å². The molecule has 33 heavy (non-hydrogen) atoms. The molecular weight excluding hydrogens is 400 g/mol. The van der Waals surface area contributed by atoms with Crippen molar-refractivity contribution in [3.63, 3.8) is 0 Å². The summed E-state index contributed by atoms with van der Waals surface area (Å²) in [7, 11) is 0. The summed E-state index contributed by atoms with van der Waals surface area (Å²) >= 11 is 0. The number of benzene rings is 4. The Labute approximate surface area is 195 Å². The minimum Gasteiger partial charge on any atom is -0.311 e. The van der Waals surface area contributed by atoms with Crippen molar-refractivity contribution in [3.8, 4) is 0 Å². The molecule has 0 saturated carbocycles. The van der Waals surface area contributed by atoms with Gasteiger partial charge in [0.05, 0.1) is 5.52 Å². The minimum atomic E-state index is 1.02. The van der Waals surface area contributed by atoms with Crippen molar-refractivity contribution in [1.82, 2.24) is 4.98 Å². The van der Waals surface area contributed by atoms with E-state index in [2.05, 4.69) is 127 Å². The smallest absolute Gasteiger partial charge is 0.0707 e. The van der Waals surface area contributed by atoms with Gasteiger partial charge in [-0.25, -0.2) is 0 Å². The highest BCUT2D eigenvalue weighted by Gasteiger charge is 2.12. The molecule has 0 atom stereocenters. The third-order valence-corrected chi connectivity index (χ3v) is 5.87. The number of pyridine rings is 1. The Morgan fingerprint density at radius 2 is 1.12 bits per heavy atom. The number of anilines is 3. The molecule has 160 valence electrons. The van der Waals surface area contributed by atoms with Gasteiger partial charge in [-0.3, -0.25) is 4.98 Å². The lowest BCUT2D eigenvalue weighted by atomic mass is 10.1. The van der Waals surface area contributed by atoms with Gasteiger partial charge in [-0.15, -0.1) is 0 Å². The molecule has 2 nitrogen and oxygen atoms in total. The highest BCUT2D eigenvalue weighted by Crippen LogP contribution is 2.35. The second-order valence-corrected chi connectivity index (χ2v) is 8.35. The maximum Gasteiger partial charge on any atom is 0.0707 e. The molecule has 5 rings (SSSR count). The lowest BCUT2D eigenvalue weighted by molar-refractivity contribution is 1.27. The van der Waals surface area contributed by atoms with Crippen LogP contribution in [-0.4, -0.2) is 4.98 Å². The summed E-state index contributed by atoms with van der Waals surface area (Å²) in [5.41, 5.74) is 9.29. The molecule has 0 aliphatic heterocycles. The monoisotopic (exact) mass is 426 g/mol. The predicted octanol–water partition coefficient (Wildman–Crippen LogP) is 8.49. The molecule has 0 saturated heterocycles. The van der Waals surface area contributed by atoms with Gasteiger partial charge >= 0.3 is 0 Å². The second-order valence-electron chi connectivity index (χ2n) is 8.35. The van der Waals surface area contributed by atoms with Gasteiger partial charge in [0, 0.05) is 28.6 Å². The van der Waals surface area contributed by atoms with E-state index in [1.54, 1.807) is 0 Å². The van der Waals surface area contributed by atoms with Gasteiger partial charge in [-0.1, -0.05) is 77.9 Å². The Bertz CT molecular complexity index is 1350. The van der Waals surface area contributed by atoms with Crippen LogP contribution in [0.3, 0.4) is 0 Å². The summed E-state index contributed by atoms with van der Waals surface area (Å²) in [6.07, 6.45) is 6.19. The van der Waals surface area contributed by atoms with Crippen molar-refractivity contribution >= 4 is 40.1 Å².